The third-order valence-corrected chi connectivity index (χ3v) is 2.73. The Kier molecular flexibility index (Phi) is 4.76. The zero-order valence-corrected chi connectivity index (χ0v) is 10.6. The van der Waals surface area contributed by atoms with E-state index in [0.717, 1.165) is 13.0 Å². The Balaban J connectivity index is 1.86. The van der Waals surface area contributed by atoms with Gasteiger partial charge in [0, 0.05) is 31.6 Å². The molecule has 1 aromatic rings. The molecule has 5 nitrogen and oxygen atoms in total. The SMILES string of the molecule is C#CCCNC(=O)c1ccc(OC2CCOC2)nc1. The van der Waals surface area contributed by atoms with E-state index in [1.165, 1.54) is 6.20 Å². The molecular formula is C14H16N2O3. The lowest BCUT2D eigenvalue weighted by atomic mass is 10.2. The first kappa shape index (κ1) is 13.4. The molecule has 1 aliphatic heterocycles. The number of terminal acetylenes is 1. The number of hydrogen-bond donors (Lipinski definition) is 1. The maximum Gasteiger partial charge on any atom is 0.252 e. The van der Waals surface area contributed by atoms with E-state index in [0.29, 0.717) is 31.0 Å². The molecule has 0 spiro atoms. The van der Waals surface area contributed by atoms with Crippen LogP contribution >= 0.6 is 0 Å². The molecule has 2 rings (SSSR count). The minimum Gasteiger partial charge on any atom is -0.472 e. The highest BCUT2D eigenvalue weighted by molar-refractivity contribution is 5.93. The molecule has 0 radical (unpaired) electrons. The number of pyridine rings is 1. The average molecular weight is 260 g/mol. The highest BCUT2D eigenvalue weighted by Crippen LogP contribution is 2.14. The molecule has 100 valence electrons. The number of hydrogen-bond acceptors (Lipinski definition) is 4. The molecule has 0 saturated carbocycles. The summed E-state index contributed by atoms with van der Waals surface area (Å²) in [4.78, 5) is 15.8. The van der Waals surface area contributed by atoms with Crippen LogP contribution in [0.3, 0.4) is 0 Å². The van der Waals surface area contributed by atoms with Crippen molar-refractivity contribution in [2.75, 3.05) is 19.8 Å². The maximum atomic E-state index is 11.7. The molecular weight excluding hydrogens is 244 g/mol. The summed E-state index contributed by atoms with van der Waals surface area (Å²) in [7, 11) is 0. The molecule has 0 bridgehead atoms. The van der Waals surface area contributed by atoms with Gasteiger partial charge in [0.05, 0.1) is 18.8 Å². The molecule has 1 fully saturated rings. The highest BCUT2D eigenvalue weighted by atomic mass is 16.5. The Labute approximate surface area is 112 Å². The van der Waals surface area contributed by atoms with E-state index in [2.05, 4.69) is 16.2 Å². The quantitative estimate of drug-likeness (QED) is 0.634. The fourth-order valence-corrected chi connectivity index (χ4v) is 1.71. The summed E-state index contributed by atoms with van der Waals surface area (Å²) in [5, 5.41) is 2.71. The van der Waals surface area contributed by atoms with Crippen molar-refractivity contribution in [1.82, 2.24) is 10.3 Å². The minimum absolute atomic E-state index is 0.0582. The number of nitrogens with zero attached hydrogens (tertiary/aromatic N) is 1. The lowest BCUT2D eigenvalue weighted by molar-refractivity contribution is 0.0954. The van der Waals surface area contributed by atoms with Crippen LogP contribution in [-0.4, -0.2) is 36.8 Å². The number of aromatic nitrogens is 1. The summed E-state index contributed by atoms with van der Waals surface area (Å²) >= 11 is 0. The van der Waals surface area contributed by atoms with Gasteiger partial charge in [-0.1, -0.05) is 0 Å². The summed E-state index contributed by atoms with van der Waals surface area (Å²) in [5.74, 6) is 2.79. The molecule has 1 saturated heterocycles. The first-order valence-corrected chi connectivity index (χ1v) is 6.21. The number of carbonyl (C=O) groups is 1. The van der Waals surface area contributed by atoms with Crippen LogP contribution in [0.15, 0.2) is 18.3 Å². The molecule has 1 amide bonds. The Hall–Kier alpha value is -2.06. The van der Waals surface area contributed by atoms with Crippen molar-refractivity contribution in [1.29, 1.82) is 0 Å². The van der Waals surface area contributed by atoms with Gasteiger partial charge in [-0.2, -0.15) is 0 Å². The number of ether oxygens (including phenoxy) is 2. The minimum atomic E-state index is -0.182. The van der Waals surface area contributed by atoms with Crippen LogP contribution in [0.5, 0.6) is 5.88 Å². The van der Waals surface area contributed by atoms with Crippen molar-refractivity contribution in [2.24, 2.45) is 0 Å². The first-order valence-electron chi connectivity index (χ1n) is 6.21. The van der Waals surface area contributed by atoms with Gasteiger partial charge < -0.3 is 14.8 Å². The van der Waals surface area contributed by atoms with Crippen molar-refractivity contribution >= 4 is 5.91 Å². The smallest absolute Gasteiger partial charge is 0.252 e. The zero-order chi connectivity index (χ0) is 13.5. The van der Waals surface area contributed by atoms with Crippen molar-refractivity contribution in [3.05, 3.63) is 23.9 Å². The van der Waals surface area contributed by atoms with Gasteiger partial charge >= 0.3 is 0 Å². The molecule has 1 aliphatic rings. The Morgan fingerprint density at radius 3 is 3.16 bits per heavy atom. The Morgan fingerprint density at radius 1 is 1.63 bits per heavy atom. The van der Waals surface area contributed by atoms with Crippen LogP contribution in [-0.2, 0) is 4.74 Å². The summed E-state index contributed by atoms with van der Waals surface area (Å²) < 4.78 is 10.8. The van der Waals surface area contributed by atoms with Crippen LogP contribution in [0.1, 0.15) is 23.2 Å². The molecule has 2 heterocycles. The highest BCUT2D eigenvalue weighted by Gasteiger charge is 2.17. The molecule has 0 aliphatic carbocycles. The van der Waals surface area contributed by atoms with Crippen LogP contribution < -0.4 is 10.1 Å². The lowest BCUT2D eigenvalue weighted by Crippen LogP contribution is -2.24. The summed E-state index contributed by atoms with van der Waals surface area (Å²) in [6.07, 6.45) is 8.05. The van der Waals surface area contributed by atoms with Crippen LogP contribution in [0.25, 0.3) is 0 Å². The fourth-order valence-electron chi connectivity index (χ4n) is 1.71. The second-order valence-electron chi connectivity index (χ2n) is 4.20. The summed E-state index contributed by atoms with van der Waals surface area (Å²) in [5.41, 5.74) is 0.493. The number of carbonyl (C=O) groups excluding carboxylic acids is 1. The topological polar surface area (TPSA) is 60.5 Å². The molecule has 5 heteroatoms. The van der Waals surface area contributed by atoms with E-state index < -0.39 is 0 Å². The van der Waals surface area contributed by atoms with E-state index in [4.69, 9.17) is 15.9 Å². The van der Waals surface area contributed by atoms with Gasteiger partial charge in [0.2, 0.25) is 5.88 Å². The van der Waals surface area contributed by atoms with E-state index in [1.807, 2.05) is 0 Å². The second-order valence-corrected chi connectivity index (χ2v) is 4.20. The third kappa shape index (κ3) is 3.97. The summed E-state index contributed by atoms with van der Waals surface area (Å²) in [6, 6.07) is 3.37. The van der Waals surface area contributed by atoms with Gasteiger partial charge in [0.25, 0.3) is 5.91 Å². The first-order chi connectivity index (χ1) is 9.29. The van der Waals surface area contributed by atoms with Crippen LogP contribution in [0.2, 0.25) is 0 Å². The van der Waals surface area contributed by atoms with Gasteiger partial charge in [-0.25, -0.2) is 4.98 Å². The van der Waals surface area contributed by atoms with Gasteiger partial charge in [-0.05, 0) is 6.07 Å². The van der Waals surface area contributed by atoms with Gasteiger partial charge in [-0.3, -0.25) is 4.79 Å². The van der Waals surface area contributed by atoms with Crippen molar-refractivity contribution in [3.8, 4) is 18.2 Å². The van der Waals surface area contributed by atoms with Gasteiger partial charge in [-0.15, -0.1) is 12.3 Å². The van der Waals surface area contributed by atoms with Crippen molar-refractivity contribution in [2.45, 2.75) is 18.9 Å². The molecule has 19 heavy (non-hydrogen) atoms. The Morgan fingerprint density at radius 2 is 2.53 bits per heavy atom. The molecule has 1 N–H and O–H groups in total. The lowest BCUT2D eigenvalue weighted by Gasteiger charge is -2.10. The third-order valence-electron chi connectivity index (χ3n) is 2.73. The average Bonchev–Trinajstić information content (AvgIpc) is 2.93. The van der Waals surface area contributed by atoms with E-state index in [-0.39, 0.29) is 12.0 Å². The van der Waals surface area contributed by atoms with Crippen LogP contribution in [0.4, 0.5) is 0 Å². The van der Waals surface area contributed by atoms with Crippen molar-refractivity contribution in [3.63, 3.8) is 0 Å². The van der Waals surface area contributed by atoms with Gasteiger partial charge in [0.15, 0.2) is 0 Å². The normalized spacial score (nSPS) is 17.7. The Bertz CT molecular complexity index is 459. The van der Waals surface area contributed by atoms with E-state index in [1.54, 1.807) is 12.1 Å². The fraction of sp³-hybridized carbons (Fsp3) is 0.429. The predicted octanol–water partition coefficient (Wildman–Crippen LogP) is 1.00. The molecule has 1 unspecified atom stereocenters. The van der Waals surface area contributed by atoms with Gasteiger partial charge in [0.1, 0.15) is 6.10 Å². The largest absolute Gasteiger partial charge is 0.472 e. The predicted molar refractivity (Wildman–Crippen MR) is 69.9 cm³/mol. The maximum absolute atomic E-state index is 11.7. The summed E-state index contributed by atoms with van der Waals surface area (Å²) in [6.45, 7) is 1.78. The van der Waals surface area contributed by atoms with E-state index in [9.17, 15) is 4.79 Å². The number of rotatable bonds is 5. The molecule has 0 aromatic carbocycles. The zero-order valence-electron chi connectivity index (χ0n) is 10.6. The molecule has 1 aromatic heterocycles. The van der Waals surface area contributed by atoms with Crippen molar-refractivity contribution < 1.29 is 14.3 Å². The molecule has 1 atom stereocenters. The van der Waals surface area contributed by atoms with E-state index >= 15 is 0 Å². The monoisotopic (exact) mass is 260 g/mol. The standard InChI is InChI=1S/C14H16N2O3/c1-2-3-7-15-14(17)11-4-5-13(16-9-11)19-12-6-8-18-10-12/h1,4-5,9,12H,3,6-8,10H2,(H,15,17). The second kappa shape index (κ2) is 6.76. The number of amides is 1. The number of nitrogens with one attached hydrogen (secondary N) is 1. The van der Waals surface area contributed by atoms with Crippen LogP contribution in [0, 0.1) is 12.3 Å².